The zero-order chi connectivity index (χ0) is 12.7. The minimum atomic E-state index is -2.88. The quantitative estimate of drug-likeness (QED) is 0.715. The van der Waals surface area contributed by atoms with Crippen LogP contribution in [0.5, 0.6) is 0 Å². The Labute approximate surface area is 105 Å². The van der Waals surface area contributed by atoms with Gasteiger partial charge in [0.2, 0.25) is 0 Å². The van der Waals surface area contributed by atoms with E-state index in [2.05, 4.69) is 5.32 Å². The normalized spacial score (nSPS) is 19.6. The molecule has 5 heteroatoms. The molecule has 1 aliphatic rings. The van der Waals surface area contributed by atoms with Crippen LogP contribution >= 0.6 is 0 Å². The van der Waals surface area contributed by atoms with Gasteiger partial charge in [-0.1, -0.05) is 12.8 Å². The van der Waals surface area contributed by atoms with Crippen molar-refractivity contribution < 1.29 is 13.2 Å². The van der Waals surface area contributed by atoms with E-state index in [1.54, 1.807) is 7.11 Å². The number of hydrogen-bond donors (Lipinski definition) is 1. The number of rotatable bonds is 8. The first-order chi connectivity index (χ1) is 8.03. The average molecular weight is 263 g/mol. The van der Waals surface area contributed by atoms with E-state index >= 15 is 0 Å². The molecule has 102 valence electrons. The van der Waals surface area contributed by atoms with Gasteiger partial charge in [-0.15, -0.1) is 0 Å². The third-order valence-electron chi connectivity index (χ3n) is 3.29. The monoisotopic (exact) mass is 263 g/mol. The Bertz CT molecular complexity index is 297. The summed E-state index contributed by atoms with van der Waals surface area (Å²) < 4.78 is 28.7. The van der Waals surface area contributed by atoms with E-state index in [4.69, 9.17) is 4.74 Å². The summed E-state index contributed by atoms with van der Waals surface area (Å²) in [5, 5.41) is 3.16. The highest BCUT2D eigenvalue weighted by atomic mass is 32.2. The molecule has 1 unspecified atom stereocenters. The lowest BCUT2D eigenvalue weighted by Gasteiger charge is -2.14. The topological polar surface area (TPSA) is 55.4 Å². The van der Waals surface area contributed by atoms with Crippen LogP contribution in [0, 0.1) is 5.92 Å². The second kappa shape index (κ2) is 7.34. The van der Waals surface area contributed by atoms with Gasteiger partial charge in [0, 0.05) is 19.7 Å². The summed E-state index contributed by atoms with van der Waals surface area (Å²) in [5.74, 6) is 1.04. The van der Waals surface area contributed by atoms with E-state index in [1.165, 1.54) is 12.8 Å². The lowest BCUT2D eigenvalue weighted by molar-refractivity contribution is 0.173. The van der Waals surface area contributed by atoms with Gasteiger partial charge in [0.25, 0.3) is 0 Å². The van der Waals surface area contributed by atoms with Crippen LogP contribution in [0.3, 0.4) is 0 Å². The fourth-order valence-corrected chi connectivity index (χ4v) is 4.04. The number of ether oxygens (including phenoxy) is 1. The second-order valence-corrected chi connectivity index (χ2v) is 7.30. The maximum atomic E-state index is 11.9. The van der Waals surface area contributed by atoms with Crippen LogP contribution in [0.4, 0.5) is 0 Å². The van der Waals surface area contributed by atoms with Crippen molar-refractivity contribution >= 4 is 9.84 Å². The smallest absolute Gasteiger partial charge is 0.151 e. The molecule has 0 radical (unpaired) electrons. The summed E-state index contributed by atoms with van der Waals surface area (Å²) in [6.07, 6.45) is 4.58. The maximum absolute atomic E-state index is 11.9. The van der Waals surface area contributed by atoms with Gasteiger partial charge in [0.15, 0.2) is 9.84 Å². The van der Waals surface area contributed by atoms with Crippen molar-refractivity contribution in [3.8, 4) is 0 Å². The standard InChI is InChI=1S/C12H25NO3S/c1-11(9-16-2)13-7-8-17(14,15)10-12-5-3-4-6-12/h11-13H,3-10H2,1-2H3. The van der Waals surface area contributed by atoms with Crippen LogP contribution in [0.25, 0.3) is 0 Å². The fraction of sp³-hybridized carbons (Fsp3) is 1.00. The van der Waals surface area contributed by atoms with Crippen molar-refractivity contribution in [3.05, 3.63) is 0 Å². The van der Waals surface area contributed by atoms with Crippen LogP contribution in [-0.2, 0) is 14.6 Å². The van der Waals surface area contributed by atoms with Crippen molar-refractivity contribution in [2.75, 3.05) is 31.8 Å². The van der Waals surface area contributed by atoms with E-state index in [9.17, 15) is 8.42 Å². The summed E-state index contributed by atoms with van der Waals surface area (Å²) in [6.45, 7) is 3.13. The first-order valence-electron chi connectivity index (χ1n) is 6.46. The molecule has 1 rings (SSSR count). The third kappa shape index (κ3) is 6.38. The molecule has 17 heavy (non-hydrogen) atoms. The maximum Gasteiger partial charge on any atom is 0.151 e. The Morgan fingerprint density at radius 3 is 2.59 bits per heavy atom. The third-order valence-corrected chi connectivity index (χ3v) is 5.09. The van der Waals surface area contributed by atoms with Gasteiger partial charge in [-0.25, -0.2) is 8.42 Å². The van der Waals surface area contributed by atoms with E-state index in [0.717, 1.165) is 12.8 Å². The minimum absolute atomic E-state index is 0.210. The molecule has 1 N–H and O–H groups in total. The zero-order valence-corrected chi connectivity index (χ0v) is 11.8. The van der Waals surface area contributed by atoms with Crippen molar-refractivity contribution in [2.45, 2.75) is 38.6 Å². The largest absolute Gasteiger partial charge is 0.383 e. The lowest BCUT2D eigenvalue weighted by Crippen LogP contribution is -2.34. The molecule has 0 saturated heterocycles. The molecule has 0 aromatic rings. The first-order valence-corrected chi connectivity index (χ1v) is 8.28. The Kier molecular flexibility index (Phi) is 6.44. The number of sulfone groups is 1. The van der Waals surface area contributed by atoms with Crippen molar-refractivity contribution in [2.24, 2.45) is 5.92 Å². The molecular weight excluding hydrogens is 238 g/mol. The molecule has 1 fully saturated rings. The molecule has 4 nitrogen and oxygen atoms in total. The molecule has 0 bridgehead atoms. The van der Waals surface area contributed by atoms with E-state index in [0.29, 0.717) is 24.8 Å². The Hall–Kier alpha value is -0.130. The highest BCUT2D eigenvalue weighted by molar-refractivity contribution is 7.91. The molecular formula is C12H25NO3S. The summed E-state index contributed by atoms with van der Waals surface area (Å²) in [5.41, 5.74) is 0. The summed E-state index contributed by atoms with van der Waals surface area (Å²) in [4.78, 5) is 0. The van der Waals surface area contributed by atoms with Crippen LogP contribution in [0.2, 0.25) is 0 Å². The van der Waals surface area contributed by atoms with Gasteiger partial charge < -0.3 is 10.1 Å². The Balaban J connectivity index is 2.19. The van der Waals surface area contributed by atoms with Gasteiger partial charge in [-0.05, 0) is 25.7 Å². The highest BCUT2D eigenvalue weighted by Crippen LogP contribution is 2.25. The molecule has 0 aliphatic heterocycles. The summed E-state index contributed by atoms with van der Waals surface area (Å²) in [7, 11) is -1.23. The van der Waals surface area contributed by atoms with Crippen molar-refractivity contribution in [1.82, 2.24) is 5.32 Å². The predicted molar refractivity (Wildman–Crippen MR) is 70.0 cm³/mol. The Morgan fingerprint density at radius 2 is 2.00 bits per heavy atom. The molecule has 0 aromatic heterocycles. The predicted octanol–water partition coefficient (Wildman–Crippen LogP) is 1.22. The molecule has 1 atom stereocenters. The van der Waals surface area contributed by atoms with Gasteiger partial charge in [-0.3, -0.25) is 0 Å². The fourth-order valence-electron chi connectivity index (χ4n) is 2.39. The molecule has 0 aromatic carbocycles. The van der Waals surface area contributed by atoms with Crippen LogP contribution in [0.15, 0.2) is 0 Å². The van der Waals surface area contributed by atoms with Crippen molar-refractivity contribution in [1.29, 1.82) is 0 Å². The number of hydrogen-bond acceptors (Lipinski definition) is 4. The SMILES string of the molecule is COCC(C)NCCS(=O)(=O)CC1CCCC1. The highest BCUT2D eigenvalue weighted by Gasteiger charge is 2.22. The molecule has 0 spiro atoms. The Morgan fingerprint density at radius 1 is 1.35 bits per heavy atom. The van der Waals surface area contributed by atoms with Crippen molar-refractivity contribution in [3.63, 3.8) is 0 Å². The lowest BCUT2D eigenvalue weighted by atomic mass is 10.1. The molecule has 1 aliphatic carbocycles. The number of nitrogens with one attached hydrogen (secondary N) is 1. The summed E-state index contributed by atoms with van der Waals surface area (Å²) >= 11 is 0. The molecule has 1 saturated carbocycles. The van der Waals surface area contributed by atoms with Crippen LogP contribution in [-0.4, -0.2) is 46.2 Å². The number of methoxy groups -OCH3 is 1. The van der Waals surface area contributed by atoms with Crippen LogP contribution in [0.1, 0.15) is 32.6 Å². The second-order valence-electron chi connectivity index (χ2n) is 5.08. The van der Waals surface area contributed by atoms with Gasteiger partial charge >= 0.3 is 0 Å². The molecule has 0 heterocycles. The van der Waals surface area contributed by atoms with Gasteiger partial charge in [0.1, 0.15) is 0 Å². The zero-order valence-electron chi connectivity index (χ0n) is 10.9. The van der Waals surface area contributed by atoms with Crippen LogP contribution < -0.4 is 5.32 Å². The van der Waals surface area contributed by atoms with Gasteiger partial charge in [0.05, 0.1) is 18.1 Å². The van der Waals surface area contributed by atoms with E-state index in [1.807, 2.05) is 6.92 Å². The molecule has 0 amide bonds. The van der Waals surface area contributed by atoms with E-state index < -0.39 is 9.84 Å². The minimum Gasteiger partial charge on any atom is -0.383 e. The average Bonchev–Trinajstić information content (AvgIpc) is 2.69. The summed E-state index contributed by atoms with van der Waals surface area (Å²) in [6, 6.07) is 0.210. The first kappa shape index (κ1) is 14.9. The van der Waals surface area contributed by atoms with E-state index in [-0.39, 0.29) is 11.8 Å². The van der Waals surface area contributed by atoms with Gasteiger partial charge in [-0.2, -0.15) is 0 Å².